The maximum Gasteiger partial charge on any atom is 0.431 e. The number of halogens is 3. The lowest BCUT2D eigenvalue weighted by atomic mass is 10.1. The highest BCUT2D eigenvalue weighted by Crippen LogP contribution is 2.37. The fourth-order valence-corrected chi connectivity index (χ4v) is 3.95. The molecule has 1 aromatic carbocycles. The molecule has 0 aliphatic rings. The number of pyridine rings is 1. The Bertz CT molecular complexity index is 1390. The van der Waals surface area contributed by atoms with E-state index in [0.29, 0.717) is 42.4 Å². The van der Waals surface area contributed by atoms with Crippen molar-refractivity contribution in [2.75, 3.05) is 7.11 Å². The Kier molecular flexibility index (Phi) is 4.69. The fourth-order valence-electron chi connectivity index (χ4n) is 3.10. The lowest BCUT2D eigenvalue weighted by Gasteiger charge is -2.14. The van der Waals surface area contributed by atoms with Gasteiger partial charge in [0, 0.05) is 24.7 Å². The number of benzene rings is 1. The first-order valence-corrected chi connectivity index (χ1v) is 9.29. The molecule has 0 fully saturated rings. The monoisotopic (exact) mass is 434 g/mol. The first-order chi connectivity index (χ1) is 14.2. The Labute approximate surface area is 170 Å². The van der Waals surface area contributed by atoms with E-state index in [1.54, 1.807) is 24.4 Å². The highest BCUT2D eigenvalue weighted by Gasteiger charge is 2.35. The van der Waals surface area contributed by atoms with Crippen LogP contribution in [0.5, 0.6) is 5.75 Å². The Balaban J connectivity index is 1.95. The van der Waals surface area contributed by atoms with Gasteiger partial charge in [-0.05, 0) is 41.9 Å². The van der Waals surface area contributed by atoms with Gasteiger partial charge < -0.3 is 4.74 Å². The molecule has 154 valence electrons. The van der Waals surface area contributed by atoms with E-state index in [0.717, 1.165) is 18.6 Å². The number of fused-ring (bicyclic) bond motifs is 1. The van der Waals surface area contributed by atoms with Crippen LogP contribution >= 0.6 is 11.5 Å². The average Bonchev–Trinajstić information content (AvgIpc) is 3.13. The van der Waals surface area contributed by atoms with Gasteiger partial charge in [0.2, 0.25) is 0 Å². The summed E-state index contributed by atoms with van der Waals surface area (Å²) >= 11 is 1.15. The van der Waals surface area contributed by atoms with Crippen LogP contribution in [0, 0.1) is 0 Å². The summed E-state index contributed by atoms with van der Waals surface area (Å²) in [6, 6.07) is 8.41. The molecule has 0 saturated heterocycles. The number of rotatable bonds is 3. The second-order valence-electron chi connectivity index (χ2n) is 6.31. The Morgan fingerprint density at radius 1 is 1.13 bits per heavy atom. The topological polar surface area (TPSA) is 79.0 Å². The second-order valence-corrected chi connectivity index (χ2v) is 7.08. The van der Waals surface area contributed by atoms with Crippen molar-refractivity contribution in [1.82, 2.24) is 18.5 Å². The first kappa shape index (κ1) is 19.8. The zero-order chi connectivity index (χ0) is 21.6. The van der Waals surface area contributed by atoms with Gasteiger partial charge in [0.1, 0.15) is 17.1 Å². The van der Waals surface area contributed by atoms with Crippen LogP contribution in [0.15, 0.2) is 52.2 Å². The largest absolute Gasteiger partial charge is 0.494 e. The Morgan fingerprint density at radius 3 is 2.60 bits per heavy atom. The van der Waals surface area contributed by atoms with Crippen molar-refractivity contribution in [3.63, 3.8) is 0 Å². The van der Waals surface area contributed by atoms with E-state index >= 15 is 0 Å². The molecule has 0 N–H and O–H groups in total. The highest BCUT2D eigenvalue weighted by molar-refractivity contribution is 7.11. The molecule has 3 heterocycles. The van der Waals surface area contributed by atoms with Gasteiger partial charge in [-0.1, -0.05) is 0 Å². The van der Waals surface area contributed by atoms with Crippen molar-refractivity contribution in [3.05, 3.63) is 69.1 Å². The minimum absolute atomic E-state index is 0.123. The first-order valence-electron chi connectivity index (χ1n) is 8.52. The molecule has 3 aromatic heterocycles. The second kappa shape index (κ2) is 7.10. The number of hydrogen-bond acceptors (Lipinski definition) is 6. The predicted molar refractivity (Wildman–Crippen MR) is 105 cm³/mol. The van der Waals surface area contributed by atoms with E-state index in [2.05, 4.69) is 9.36 Å². The van der Waals surface area contributed by atoms with Gasteiger partial charge in [0.25, 0.3) is 5.56 Å². The summed E-state index contributed by atoms with van der Waals surface area (Å²) in [5.74, 6) is 0.510. The smallest absolute Gasteiger partial charge is 0.431 e. The molecule has 0 atom stereocenters. The third-order valence-corrected chi connectivity index (χ3v) is 5.42. The van der Waals surface area contributed by atoms with Gasteiger partial charge in [-0.25, -0.2) is 9.36 Å². The van der Waals surface area contributed by atoms with Crippen molar-refractivity contribution >= 4 is 22.4 Å². The van der Waals surface area contributed by atoms with Crippen molar-refractivity contribution in [2.24, 2.45) is 7.05 Å². The fraction of sp³-hybridized carbons (Fsp3) is 0.158. The van der Waals surface area contributed by atoms with Crippen LogP contribution in [-0.2, 0) is 13.2 Å². The molecule has 0 spiro atoms. The molecule has 4 aromatic rings. The summed E-state index contributed by atoms with van der Waals surface area (Å²) in [7, 11) is 2.47. The molecule has 0 aliphatic heterocycles. The number of nitrogens with zero attached hydrogens (tertiary/aromatic N) is 4. The van der Waals surface area contributed by atoms with E-state index in [-0.39, 0.29) is 5.69 Å². The van der Waals surface area contributed by atoms with Crippen LogP contribution < -0.4 is 16.0 Å². The van der Waals surface area contributed by atoms with Crippen LogP contribution in [0.2, 0.25) is 0 Å². The van der Waals surface area contributed by atoms with Crippen LogP contribution in [0.25, 0.3) is 27.2 Å². The highest BCUT2D eigenvalue weighted by atomic mass is 32.1. The molecule has 4 rings (SSSR count). The molecule has 0 aliphatic carbocycles. The molecule has 7 nitrogen and oxygen atoms in total. The van der Waals surface area contributed by atoms with E-state index in [1.807, 2.05) is 0 Å². The van der Waals surface area contributed by atoms with Gasteiger partial charge in [-0.2, -0.15) is 17.5 Å². The molecule has 0 amide bonds. The Morgan fingerprint density at radius 2 is 1.90 bits per heavy atom. The number of hydrogen-bond donors (Lipinski definition) is 0. The van der Waals surface area contributed by atoms with Gasteiger partial charge in [0.15, 0.2) is 0 Å². The quantitative estimate of drug-likeness (QED) is 0.495. The van der Waals surface area contributed by atoms with Crippen LogP contribution in [0.3, 0.4) is 0 Å². The lowest BCUT2D eigenvalue weighted by Crippen LogP contribution is -2.40. The third kappa shape index (κ3) is 3.16. The van der Waals surface area contributed by atoms with Crippen LogP contribution in [0.1, 0.15) is 5.69 Å². The zero-order valence-electron chi connectivity index (χ0n) is 15.6. The van der Waals surface area contributed by atoms with Crippen molar-refractivity contribution < 1.29 is 17.9 Å². The normalized spacial score (nSPS) is 11.8. The molecule has 0 radical (unpaired) electrons. The number of ether oxygens (including phenoxy) is 1. The zero-order valence-corrected chi connectivity index (χ0v) is 16.4. The molecule has 0 bridgehead atoms. The minimum Gasteiger partial charge on any atom is -0.494 e. The summed E-state index contributed by atoms with van der Waals surface area (Å²) in [4.78, 5) is 29.9. The van der Waals surface area contributed by atoms with Gasteiger partial charge in [-0.3, -0.25) is 14.3 Å². The average molecular weight is 434 g/mol. The number of aromatic nitrogens is 4. The van der Waals surface area contributed by atoms with E-state index in [1.165, 1.54) is 19.2 Å². The summed E-state index contributed by atoms with van der Waals surface area (Å²) < 4.78 is 50.0. The Hall–Kier alpha value is -3.47. The van der Waals surface area contributed by atoms with Crippen LogP contribution in [-0.4, -0.2) is 25.6 Å². The van der Waals surface area contributed by atoms with E-state index < -0.39 is 23.1 Å². The molecule has 11 heteroatoms. The van der Waals surface area contributed by atoms with E-state index in [9.17, 15) is 22.8 Å². The van der Waals surface area contributed by atoms with Gasteiger partial charge in [-0.15, -0.1) is 0 Å². The van der Waals surface area contributed by atoms with Crippen molar-refractivity contribution in [1.29, 1.82) is 0 Å². The summed E-state index contributed by atoms with van der Waals surface area (Å²) in [6.07, 6.45) is -3.24. The number of methoxy groups -OCH3 is 1. The minimum atomic E-state index is -4.82. The van der Waals surface area contributed by atoms with Gasteiger partial charge >= 0.3 is 11.9 Å². The summed E-state index contributed by atoms with van der Waals surface area (Å²) in [5.41, 5.74) is -2.26. The SMILES string of the molecule is COc1cccnc1-c1snc2ccc(-n3c(=O)cc(C(F)(F)F)n(C)c3=O)cc12. The third-order valence-electron chi connectivity index (χ3n) is 4.53. The molecular weight excluding hydrogens is 421 g/mol. The predicted octanol–water partition coefficient (Wildman–Crippen LogP) is 3.24. The lowest BCUT2D eigenvalue weighted by molar-refractivity contribution is -0.144. The maximum absolute atomic E-state index is 13.1. The molecular formula is C19H13F3N4O3S. The van der Waals surface area contributed by atoms with Crippen molar-refractivity contribution in [2.45, 2.75) is 6.18 Å². The summed E-state index contributed by atoms with van der Waals surface area (Å²) in [6.45, 7) is 0. The molecule has 0 saturated carbocycles. The van der Waals surface area contributed by atoms with E-state index in [4.69, 9.17) is 4.74 Å². The van der Waals surface area contributed by atoms with Crippen LogP contribution in [0.4, 0.5) is 13.2 Å². The molecule has 0 unspecified atom stereocenters. The standard InChI is InChI=1S/C19H13F3N4O3S/c1-25-14(19(20,21)22)9-15(27)26(18(25)28)10-5-6-12-11(8-10)17(30-24-12)16-13(29-2)4-3-7-23-16/h3-9H,1-2H3. The molecule has 30 heavy (non-hydrogen) atoms. The summed E-state index contributed by atoms with van der Waals surface area (Å²) in [5, 5.41) is 0.586. The number of alkyl halides is 3. The maximum atomic E-state index is 13.1. The van der Waals surface area contributed by atoms with Crippen molar-refractivity contribution in [3.8, 4) is 22.0 Å². The van der Waals surface area contributed by atoms with Gasteiger partial charge in [0.05, 0.1) is 23.2 Å².